The zero-order chi connectivity index (χ0) is 13.1. The minimum atomic E-state index is -4.29. The third-order valence-electron chi connectivity index (χ3n) is 2.12. The van der Waals surface area contributed by atoms with E-state index in [1.54, 1.807) is 25.1 Å². The van der Waals surface area contributed by atoms with E-state index >= 15 is 0 Å². The smallest absolute Gasteiger partial charge is 0.390 e. The first-order valence-electron chi connectivity index (χ1n) is 5.08. The van der Waals surface area contributed by atoms with E-state index in [9.17, 15) is 13.2 Å². The molecular formula is C11H13BrF3NO. The zero-order valence-corrected chi connectivity index (χ0v) is 10.8. The molecule has 0 aliphatic heterocycles. The highest BCUT2D eigenvalue weighted by Crippen LogP contribution is 2.34. The van der Waals surface area contributed by atoms with E-state index in [1.807, 2.05) is 0 Å². The summed E-state index contributed by atoms with van der Waals surface area (Å²) in [4.78, 5) is 0. The van der Waals surface area contributed by atoms with Gasteiger partial charge in [0.05, 0.1) is 13.0 Å². The Morgan fingerprint density at radius 1 is 1.41 bits per heavy atom. The minimum Gasteiger partial charge on any atom is -0.494 e. The molecule has 0 aromatic heterocycles. The standard InChI is InChI=1S/C11H13BrF3NO/c1-2-17-10-4-3-7(12)5-8(10)9(16)6-11(13,14)15/h3-5,9H,2,6,16H2,1H3/t9-/m1/s1. The molecule has 0 fully saturated rings. The molecule has 6 heteroatoms. The van der Waals surface area contributed by atoms with Gasteiger partial charge in [-0.1, -0.05) is 15.9 Å². The molecule has 1 atom stereocenters. The number of ether oxygens (including phenoxy) is 1. The zero-order valence-electron chi connectivity index (χ0n) is 9.22. The number of rotatable bonds is 4. The van der Waals surface area contributed by atoms with Crippen molar-refractivity contribution in [3.05, 3.63) is 28.2 Å². The molecule has 0 amide bonds. The molecule has 0 bridgehead atoms. The van der Waals surface area contributed by atoms with Crippen molar-refractivity contribution in [2.75, 3.05) is 6.61 Å². The van der Waals surface area contributed by atoms with Gasteiger partial charge in [-0.2, -0.15) is 13.2 Å². The Kier molecular flexibility index (Phi) is 4.82. The molecule has 2 N–H and O–H groups in total. The van der Waals surface area contributed by atoms with Crippen LogP contribution in [0.3, 0.4) is 0 Å². The van der Waals surface area contributed by atoms with Crippen molar-refractivity contribution in [2.24, 2.45) is 5.73 Å². The third-order valence-corrected chi connectivity index (χ3v) is 2.62. The van der Waals surface area contributed by atoms with Crippen LogP contribution >= 0.6 is 15.9 Å². The van der Waals surface area contributed by atoms with Crippen molar-refractivity contribution >= 4 is 15.9 Å². The molecule has 0 aliphatic rings. The molecule has 0 radical (unpaired) electrons. The number of halogens is 4. The van der Waals surface area contributed by atoms with Gasteiger partial charge >= 0.3 is 6.18 Å². The van der Waals surface area contributed by atoms with E-state index in [1.165, 1.54) is 0 Å². The predicted molar refractivity (Wildman–Crippen MR) is 62.9 cm³/mol. The van der Waals surface area contributed by atoms with Crippen LogP contribution in [0.1, 0.15) is 24.9 Å². The Morgan fingerprint density at radius 3 is 2.59 bits per heavy atom. The Morgan fingerprint density at radius 2 is 2.06 bits per heavy atom. The first kappa shape index (κ1) is 14.3. The molecule has 0 spiro atoms. The van der Waals surface area contributed by atoms with E-state index in [4.69, 9.17) is 10.5 Å². The molecule has 0 heterocycles. The maximum absolute atomic E-state index is 12.3. The highest BCUT2D eigenvalue weighted by molar-refractivity contribution is 9.10. The largest absolute Gasteiger partial charge is 0.494 e. The molecule has 0 aliphatic carbocycles. The van der Waals surface area contributed by atoms with Crippen molar-refractivity contribution in [1.82, 2.24) is 0 Å². The van der Waals surface area contributed by atoms with Crippen molar-refractivity contribution in [1.29, 1.82) is 0 Å². The maximum Gasteiger partial charge on any atom is 0.390 e. The fraction of sp³-hybridized carbons (Fsp3) is 0.455. The second-order valence-corrected chi connectivity index (χ2v) is 4.46. The molecule has 1 aromatic carbocycles. The van der Waals surface area contributed by atoms with Crippen molar-refractivity contribution in [3.8, 4) is 5.75 Å². The molecule has 96 valence electrons. The lowest BCUT2D eigenvalue weighted by atomic mass is 10.0. The summed E-state index contributed by atoms with van der Waals surface area (Å²) >= 11 is 3.20. The SMILES string of the molecule is CCOc1ccc(Br)cc1[C@H](N)CC(F)(F)F. The molecule has 2 nitrogen and oxygen atoms in total. The summed E-state index contributed by atoms with van der Waals surface area (Å²) in [7, 11) is 0. The third kappa shape index (κ3) is 4.55. The first-order chi connectivity index (χ1) is 7.83. The topological polar surface area (TPSA) is 35.2 Å². The van der Waals surface area contributed by atoms with E-state index in [2.05, 4.69) is 15.9 Å². The van der Waals surface area contributed by atoms with Crippen molar-refractivity contribution in [2.45, 2.75) is 25.6 Å². The van der Waals surface area contributed by atoms with Gasteiger partial charge in [-0.05, 0) is 25.1 Å². The van der Waals surface area contributed by atoms with Crippen LogP contribution in [0.25, 0.3) is 0 Å². The van der Waals surface area contributed by atoms with Crippen molar-refractivity contribution in [3.63, 3.8) is 0 Å². The molecular weight excluding hydrogens is 299 g/mol. The number of benzene rings is 1. The highest BCUT2D eigenvalue weighted by Gasteiger charge is 2.32. The normalized spacial score (nSPS) is 13.5. The predicted octanol–water partition coefficient (Wildman–Crippen LogP) is 3.80. The molecule has 0 saturated heterocycles. The maximum atomic E-state index is 12.3. The summed E-state index contributed by atoms with van der Waals surface area (Å²) in [6.07, 6.45) is -5.35. The lowest BCUT2D eigenvalue weighted by Gasteiger charge is -2.18. The highest BCUT2D eigenvalue weighted by atomic mass is 79.9. The van der Waals surface area contributed by atoms with Gasteiger partial charge in [-0.15, -0.1) is 0 Å². The van der Waals surface area contributed by atoms with Gasteiger partial charge in [-0.25, -0.2) is 0 Å². The van der Waals surface area contributed by atoms with E-state index < -0.39 is 18.6 Å². The fourth-order valence-electron chi connectivity index (χ4n) is 1.46. The summed E-state index contributed by atoms with van der Waals surface area (Å²) in [5.41, 5.74) is 5.92. The summed E-state index contributed by atoms with van der Waals surface area (Å²) in [6, 6.07) is 3.75. The van der Waals surface area contributed by atoms with Crippen LogP contribution in [-0.2, 0) is 0 Å². The number of hydrogen-bond donors (Lipinski definition) is 1. The lowest BCUT2D eigenvalue weighted by Crippen LogP contribution is -2.21. The van der Waals surface area contributed by atoms with Gasteiger partial charge < -0.3 is 10.5 Å². The van der Waals surface area contributed by atoms with E-state index in [-0.39, 0.29) is 0 Å². The Hall–Kier alpha value is -0.750. The van der Waals surface area contributed by atoms with Gasteiger partial charge in [0.25, 0.3) is 0 Å². The van der Waals surface area contributed by atoms with Gasteiger partial charge in [0, 0.05) is 16.1 Å². The monoisotopic (exact) mass is 311 g/mol. The van der Waals surface area contributed by atoms with Crippen LogP contribution in [0.15, 0.2) is 22.7 Å². The van der Waals surface area contributed by atoms with Crippen LogP contribution in [0.5, 0.6) is 5.75 Å². The van der Waals surface area contributed by atoms with Gasteiger partial charge in [0.2, 0.25) is 0 Å². The molecule has 0 unspecified atom stereocenters. The summed E-state index contributed by atoms with van der Waals surface area (Å²) in [5, 5.41) is 0. The molecule has 1 rings (SSSR count). The van der Waals surface area contributed by atoms with Crippen LogP contribution in [0.4, 0.5) is 13.2 Å². The molecule has 17 heavy (non-hydrogen) atoms. The van der Waals surface area contributed by atoms with Crippen LogP contribution in [0, 0.1) is 0 Å². The minimum absolute atomic E-state index is 0.360. The van der Waals surface area contributed by atoms with Crippen LogP contribution in [0.2, 0.25) is 0 Å². The summed E-state index contributed by atoms with van der Waals surface area (Å²) in [5.74, 6) is 0.396. The first-order valence-corrected chi connectivity index (χ1v) is 5.87. The second-order valence-electron chi connectivity index (χ2n) is 3.54. The summed E-state index contributed by atoms with van der Waals surface area (Å²) < 4.78 is 42.8. The van der Waals surface area contributed by atoms with E-state index in [0.717, 1.165) is 0 Å². The van der Waals surface area contributed by atoms with Gasteiger partial charge in [-0.3, -0.25) is 0 Å². The lowest BCUT2D eigenvalue weighted by molar-refractivity contribution is -0.138. The molecule has 0 saturated carbocycles. The number of hydrogen-bond acceptors (Lipinski definition) is 2. The summed E-state index contributed by atoms with van der Waals surface area (Å²) in [6.45, 7) is 2.15. The van der Waals surface area contributed by atoms with Crippen molar-refractivity contribution < 1.29 is 17.9 Å². The quantitative estimate of drug-likeness (QED) is 0.918. The van der Waals surface area contributed by atoms with Crippen LogP contribution < -0.4 is 10.5 Å². The average molecular weight is 312 g/mol. The second kappa shape index (κ2) is 5.73. The van der Waals surface area contributed by atoms with E-state index in [0.29, 0.717) is 22.4 Å². The number of alkyl halides is 3. The van der Waals surface area contributed by atoms with Crippen LogP contribution in [-0.4, -0.2) is 12.8 Å². The average Bonchev–Trinajstić information content (AvgIpc) is 2.18. The Labute approximate surface area is 106 Å². The Bertz CT molecular complexity index is 381. The Balaban J connectivity index is 2.97. The molecule has 1 aromatic rings. The van der Waals surface area contributed by atoms with Gasteiger partial charge in [0.1, 0.15) is 5.75 Å². The number of nitrogens with two attached hydrogens (primary N) is 1. The van der Waals surface area contributed by atoms with Gasteiger partial charge in [0.15, 0.2) is 0 Å². The fourth-order valence-corrected chi connectivity index (χ4v) is 1.83.